The first-order valence-electron chi connectivity index (χ1n) is 5.70. The summed E-state index contributed by atoms with van der Waals surface area (Å²) >= 11 is 0. The second kappa shape index (κ2) is 10.1. The highest BCUT2D eigenvalue weighted by atomic mass is 31.2. The zero-order chi connectivity index (χ0) is 13.9. The van der Waals surface area contributed by atoms with Gasteiger partial charge in [-0.1, -0.05) is 26.0 Å². The molecule has 4 nitrogen and oxygen atoms in total. The molecular formula is C11H19F2O4P. The number of hydrogen-bond acceptors (Lipinski definition) is 4. The standard InChI is InChI=1S/C11H19F2O4P/c1-3-5-7-15-9-11(17-18(12,13)14)10-16-8-6-4-2/h5-8,11H,3-4,9-10H2,1-2H3. The molecule has 0 rings (SSSR count). The van der Waals surface area contributed by atoms with Crippen molar-refractivity contribution in [3.63, 3.8) is 0 Å². The fourth-order valence-electron chi connectivity index (χ4n) is 0.937. The molecule has 0 aliphatic rings. The normalized spacial score (nSPS) is 14.2. The van der Waals surface area contributed by atoms with Crippen LogP contribution >= 0.6 is 7.99 Å². The predicted octanol–water partition coefficient (Wildman–Crippen LogP) is 4.30. The summed E-state index contributed by atoms with van der Waals surface area (Å²) in [6, 6.07) is 0. The van der Waals surface area contributed by atoms with E-state index in [1.54, 1.807) is 12.2 Å². The molecule has 0 unspecified atom stereocenters. The van der Waals surface area contributed by atoms with Crippen molar-refractivity contribution in [3.05, 3.63) is 24.7 Å². The van der Waals surface area contributed by atoms with Gasteiger partial charge in [-0.05, 0) is 12.8 Å². The highest BCUT2D eigenvalue weighted by Gasteiger charge is 2.27. The van der Waals surface area contributed by atoms with Crippen LogP contribution in [-0.2, 0) is 18.6 Å². The molecule has 0 radical (unpaired) electrons. The van der Waals surface area contributed by atoms with Crippen molar-refractivity contribution in [2.24, 2.45) is 0 Å². The number of halogens is 2. The Morgan fingerprint density at radius 1 is 1.06 bits per heavy atom. The van der Waals surface area contributed by atoms with Crippen LogP contribution in [0.15, 0.2) is 24.7 Å². The topological polar surface area (TPSA) is 44.8 Å². The predicted molar refractivity (Wildman–Crippen MR) is 65.5 cm³/mol. The molecule has 0 atom stereocenters. The molecule has 0 fully saturated rings. The van der Waals surface area contributed by atoms with E-state index in [0.717, 1.165) is 12.8 Å². The third kappa shape index (κ3) is 11.6. The Balaban J connectivity index is 4.11. The lowest BCUT2D eigenvalue weighted by molar-refractivity contribution is 0.0393. The minimum absolute atomic E-state index is 0.145. The number of hydrogen-bond donors (Lipinski definition) is 0. The summed E-state index contributed by atoms with van der Waals surface area (Å²) < 4.78 is 49.0. The van der Waals surface area contributed by atoms with E-state index in [-0.39, 0.29) is 13.2 Å². The van der Waals surface area contributed by atoms with Crippen molar-refractivity contribution in [3.8, 4) is 0 Å². The summed E-state index contributed by atoms with van der Waals surface area (Å²) in [5.41, 5.74) is 0. The third-order valence-electron chi connectivity index (χ3n) is 1.69. The summed E-state index contributed by atoms with van der Waals surface area (Å²) in [4.78, 5) is 0. The van der Waals surface area contributed by atoms with Gasteiger partial charge in [0.25, 0.3) is 0 Å². The molecule has 0 aromatic carbocycles. The van der Waals surface area contributed by atoms with Gasteiger partial charge in [0.15, 0.2) is 0 Å². The zero-order valence-electron chi connectivity index (χ0n) is 10.6. The van der Waals surface area contributed by atoms with Crippen LogP contribution in [0.2, 0.25) is 0 Å². The molecule has 0 aromatic heterocycles. The third-order valence-corrected chi connectivity index (χ3v) is 2.24. The fraction of sp³-hybridized carbons (Fsp3) is 0.636. The van der Waals surface area contributed by atoms with Crippen LogP contribution < -0.4 is 0 Å². The van der Waals surface area contributed by atoms with E-state index >= 15 is 0 Å². The average molecular weight is 284 g/mol. The van der Waals surface area contributed by atoms with Gasteiger partial charge in [-0.25, -0.2) is 4.57 Å². The number of ether oxygens (including phenoxy) is 2. The molecule has 18 heavy (non-hydrogen) atoms. The molecule has 0 aliphatic carbocycles. The Labute approximate surface area is 106 Å². The summed E-state index contributed by atoms with van der Waals surface area (Å²) in [5.74, 6) is 0. The first-order valence-corrected chi connectivity index (χ1v) is 7.11. The van der Waals surface area contributed by atoms with Gasteiger partial charge in [-0.15, -0.1) is 8.39 Å². The highest BCUT2D eigenvalue weighted by molar-refractivity contribution is 7.47. The number of rotatable bonds is 10. The lowest BCUT2D eigenvalue weighted by Gasteiger charge is -2.15. The van der Waals surface area contributed by atoms with Crippen molar-refractivity contribution in [1.29, 1.82) is 0 Å². The second-order valence-corrected chi connectivity index (χ2v) is 4.41. The van der Waals surface area contributed by atoms with Crippen LogP contribution in [0.3, 0.4) is 0 Å². The Morgan fingerprint density at radius 3 is 1.83 bits per heavy atom. The molecule has 7 heteroatoms. The van der Waals surface area contributed by atoms with E-state index in [1.807, 2.05) is 13.8 Å². The van der Waals surface area contributed by atoms with Crippen molar-refractivity contribution in [1.82, 2.24) is 0 Å². The molecule has 0 bridgehead atoms. The van der Waals surface area contributed by atoms with Gasteiger partial charge in [-0.3, -0.25) is 4.52 Å². The minimum Gasteiger partial charge on any atom is -0.499 e. The molecule has 0 spiro atoms. The van der Waals surface area contributed by atoms with E-state index in [0.29, 0.717) is 0 Å². The Bertz CT molecular complexity index is 283. The van der Waals surface area contributed by atoms with Crippen LogP contribution in [0, 0.1) is 0 Å². The van der Waals surface area contributed by atoms with Gasteiger partial charge in [-0.2, -0.15) is 0 Å². The summed E-state index contributed by atoms with van der Waals surface area (Å²) in [6.07, 6.45) is 6.68. The van der Waals surface area contributed by atoms with Crippen molar-refractivity contribution >= 4 is 7.99 Å². The summed E-state index contributed by atoms with van der Waals surface area (Å²) in [7, 11) is -5.54. The maximum atomic E-state index is 12.3. The monoisotopic (exact) mass is 284 g/mol. The van der Waals surface area contributed by atoms with E-state index in [4.69, 9.17) is 9.47 Å². The maximum Gasteiger partial charge on any atom is 0.552 e. The van der Waals surface area contributed by atoms with E-state index in [9.17, 15) is 13.0 Å². The van der Waals surface area contributed by atoms with Crippen molar-refractivity contribution in [2.75, 3.05) is 13.2 Å². The van der Waals surface area contributed by atoms with Gasteiger partial charge >= 0.3 is 7.99 Å². The lowest BCUT2D eigenvalue weighted by Crippen LogP contribution is -2.22. The van der Waals surface area contributed by atoms with Crippen LogP contribution in [-0.4, -0.2) is 19.3 Å². The molecular weight excluding hydrogens is 265 g/mol. The van der Waals surface area contributed by atoms with E-state index in [1.165, 1.54) is 12.5 Å². The second-order valence-electron chi connectivity index (χ2n) is 3.37. The molecule has 0 N–H and O–H groups in total. The van der Waals surface area contributed by atoms with Gasteiger partial charge in [0, 0.05) is 0 Å². The molecule has 106 valence electrons. The zero-order valence-corrected chi connectivity index (χ0v) is 11.4. The molecule has 0 saturated heterocycles. The van der Waals surface area contributed by atoms with Crippen LogP contribution in [0.5, 0.6) is 0 Å². The SMILES string of the molecule is CCC=COCC(COC=CCC)OP(=O)(F)F. The van der Waals surface area contributed by atoms with Crippen LogP contribution in [0.1, 0.15) is 26.7 Å². The number of allylic oxidation sites excluding steroid dienone is 2. The molecule has 0 aromatic rings. The molecule has 0 saturated carbocycles. The van der Waals surface area contributed by atoms with Gasteiger partial charge < -0.3 is 9.47 Å². The van der Waals surface area contributed by atoms with Crippen LogP contribution in [0.4, 0.5) is 8.39 Å². The molecule has 0 aliphatic heterocycles. The lowest BCUT2D eigenvalue weighted by atomic mass is 10.4. The largest absolute Gasteiger partial charge is 0.552 e. The highest BCUT2D eigenvalue weighted by Crippen LogP contribution is 2.51. The Kier molecular flexibility index (Phi) is 9.60. The fourth-order valence-corrected chi connectivity index (χ4v) is 1.41. The quantitative estimate of drug-likeness (QED) is 0.443. The Morgan fingerprint density at radius 2 is 1.50 bits per heavy atom. The minimum atomic E-state index is -5.54. The van der Waals surface area contributed by atoms with Crippen LogP contribution in [0.25, 0.3) is 0 Å². The van der Waals surface area contributed by atoms with Crippen molar-refractivity contribution in [2.45, 2.75) is 32.8 Å². The first-order chi connectivity index (χ1) is 8.49. The van der Waals surface area contributed by atoms with Gasteiger partial charge in [0.2, 0.25) is 0 Å². The summed E-state index contributed by atoms with van der Waals surface area (Å²) in [5, 5.41) is 0. The Hall–Kier alpha value is -0.870. The average Bonchev–Trinajstić information content (AvgIpc) is 2.28. The van der Waals surface area contributed by atoms with Gasteiger partial charge in [0.05, 0.1) is 12.5 Å². The maximum absolute atomic E-state index is 12.3. The molecule has 0 heterocycles. The smallest absolute Gasteiger partial charge is 0.499 e. The van der Waals surface area contributed by atoms with E-state index < -0.39 is 14.1 Å². The van der Waals surface area contributed by atoms with E-state index in [2.05, 4.69) is 4.52 Å². The summed E-state index contributed by atoms with van der Waals surface area (Å²) in [6.45, 7) is 3.52. The van der Waals surface area contributed by atoms with Crippen molar-refractivity contribution < 1.29 is 27.0 Å². The first kappa shape index (κ1) is 17.1. The van der Waals surface area contributed by atoms with Gasteiger partial charge in [0.1, 0.15) is 19.3 Å². The molecule has 0 amide bonds.